The van der Waals surface area contributed by atoms with Gasteiger partial charge in [-0.3, -0.25) is 4.99 Å². The molecule has 2 atom stereocenters. The molecule has 0 saturated heterocycles. The number of nitrogens with one attached hydrogen (secondary N) is 2. The van der Waals surface area contributed by atoms with Gasteiger partial charge in [0.15, 0.2) is 5.96 Å². The lowest BCUT2D eigenvalue weighted by molar-refractivity contribution is 0.604. The number of fused-ring (bicyclic) bond motifs is 1. The summed E-state index contributed by atoms with van der Waals surface area (Å²) in [7, 11) is 0. The number of hydrogen-bond donors (Lipinski definition) is 2. The summed E-state index contributed by atoms with van der Waals surface area (Å²) < 4.78 is 2.31. The molecule has 122 valence electrons. The minimum Gasteiger partial charge on any atom is -0.357 e. The second kappa shape index (κ2) is 7.11. The van der Waals surface area contributed by atoms with Crippen molar-refractivity contribution in [3.63, 3.8) is 0 Å². The minimum atomic E-state index is 0.599. The van der Waals surface area contributed by atoms with E-state index in [1.807, 2.05) is 0 Å². The van der Waals surface area contributed by atoms with Crippen molar-refractivity contribution < 1.29 is 0 Å². The van der Waals surface area contributed by atoms with E-state index in [9.17, 15) is 0 Å². The van der Waals surface area contributed by atoms with E-state index in [4.69, 9.17) is 0 Å². The molecule has 2 unspecified atom stereocenters. The fourth-order valence-corrected chi connectivity index (χ4v) is 3.02. The number of aliphatic imine (C=N–C) groups is 1. The summed E-state index contributed by atoms with van der Waals surface area (Å²) >= 11 is 0. The molecule has 0 amide bonds. The van der Waals surface area contributed by atoms with Crippen molar-refractivity contribution in [1.82, 2.24) is 25.4 Å². The molecule has 1 aliphatic heterocycles. The summed E-state index contributed by atoms with van der Waals surface area (Å²) in [5.41, 5.74) is 0. The zero-order valence-electron chi connectivity index (χ0n) is 13.8. The summed E-state index contributed by atoms with van der Waals surface area (Å²) in [5, 5.41) is 15.5. The molecule has 1 aromatic heterocycles. The van der Waals surface area contributed by atoms with Crippen LogP contribution in [0.5, 0.6) is 0 Å². The first-order valence-electron chi connectivity index (χ1n) is 8.73. The lowest BCUT2D eigenvalue weighted by Crippen LogP contribution is -2.39. The van der Waals surface area contributed by atoms with Gasteiger partial charge in [-0.15, -0.1) is 10.2 Å². The zero-order valence-corrected chi connectivity index (χ0v) is 13.8. The molecule has 1 saturated carbocycles. The van der Waals surface area contributed by atoms with Crippen LogP contribution in [-0.2, 0) is 19.4 Å². The molecule has 2 aliphatic rings. The summed E-state index contributed by atoms with van der Waals surface area (Å²) in [4.78, 5) is 4.69. The first-order valence-corrected chi connectivity index (χ1v) is 8.73. The highest BCUT2D eigenvalue weighted by molar-refractivity contribution is 5.80. The molecular weight excluding hydrogens is 276 g/mol. The Bertz CT molecular complexity index is 521. The van der Waals surface area contributed by atoms with Crippen LogP contribution in [0.4, 0.5) is 0 Å². The maximum Gasteiger partial charge on any atom is 0.191 e. The third-order valence-electron chi connectivity index (χ3n) is 4.57. The lowest BCUT2D eigenvalue weighted by Gasteiger charge is -2.11. The van der Waals surface area contributed by atoms with Crippen molar-refractivity contribution in [2.75, 3.05) is 13.1 Å². The third kappa shape index (κ3) is 3.78. The normalized spacial score (nSPS) is 24.5. The van der Waals surface area contributed by atoms with Crippen LogP contribution in [0.3, 0.4) is 0 Å². The topological polar surface area (TPSA) is 67.1 Å². The Labute approximate surface area is 132 Å². The number of aryl methyl sites for hydroxylation is 1. The van der Waals surface area contributed by atoms with Gasteiger partial charge in [-0.05, 0) is 32.1 Å². The van der Waals surface area contributed by atoms with Crippen molar-refractivity contribution in [2.45, 2.75) is 65.0 Å². The Hall–Kier alpha value is -1.59. The molecule has 22 heavy (non-hydrogen) atoms. The number of rotatable bonds is 5. The highest BCUT2D eigenvalue weighted by atomic mass is 15.3. The van der Waals surface area contributed by atoms with Gasteiger partial charge in [0, 0.05) is 38.5 Å². The molecule has 1 fully saturated rings. The summed E-state index contributed by atoms with van der Waals surface area (Å²) in [5.74, 6) is 3.97. The van der Waals surface area contributed by atoms with Crippen LogP contribution in [0, 0.1) is 5.92 Å². The third-order valence-corrected chi connectivity index (χ3v) is 4.57. The van der Waals surface area contributed by atoms with Crippen LogP contribution in [0.2, 0.25) is 0 Å². The van der Waals surface area contributed by atoms with Gasteiger partial charge in [0.2, 0.25) is 0 Å². The molecular formula is C16H28N6. The molecule has 0 aromatic carbocycles. The predicted octanol–water partition coefficient (Wildman–Crippen LogP) is 1.51. The first-order chi connectivity index (χ1) is 10.8. The number of aromatic nitrogens is 3. The minimum absolute atomic E-state index is 0.599. The quantitative estimate of drug-likeness (QED) is 0.639. The van der Waals surface area contributed by atoms with Crippen LogP contribution in [0.25, 0.3) is 0 Å². The Balaban J connectivity index is 1.56. The smallest absolute Gasteiger partial charge is 0.191 e. The van der Waals surface area contributed by atoms with Crippen LogP contribution in [0.1, 0.15) is 51.2 Å². The highest BCUT2D eigenvalue weighted by Gasteiger charge is 2.33. The van der Waals surface area contributed by atoms with E-state index in [2.05, 4.69) is 44.2 Å². The van der Waals surface area contributed by atoms with Gasteiger partial charge >= 0.3 is 0 Å². The average molecular weight is 304 g/mol. The molecule has 1 aromatic rings. The number of nitrogens with zero attached hydrogens (tertiary/aromatic N) is 4. The number of hydrogen-bond acceptors (Lipinski definition) is 3. The van der Waals surface area contributed by atoms with E-state index >= 15 is 0 Å². The number of guanidine groups is 1. The van der Waals surface area contributed by atoms with E-state index in [-0.39, 0.29) is 0 Å². The van der Waals surface area contributed by atoms with E-state index in [1.54, 1.807) is 0 Å². The molecule has 0 bridgehead atoms. The fourth-order valence-electron chi connectivity index (χ4n) is 3.02. The highest BCUT2D eigenvalue weighted by Crippen LogP contribution is 2.28. The monoisotopic (exact) mass is 304 g/mol. The SMILES string of the molecule is CCNC(=NCCc1nnc2n1CCCCC2)NC1CC1C. The van der Waals surface area contributed by atoms with E-state index in [1.165, 1.54) is 25.7 Å². The Morgan fingerprint density at radius 1 is 1.32 bits per heavy atom. The van der Waals surface area contributed by atoms with Crippen molar-refractivity contribution in [2.24, 2.45) is 10.9 Å². The van der Waals surface area contributed by atoms with Gasteiger partial charge in [0.1, 0.15) is 11.6 Å². The lowest BCUT2D eigenvalue weighted by atomic mass is 10.2. The molecule has 0 spiro atoms. The molecule has 6 nitrogen and oxygen atoms in total. The van der Waals surface area contributed by atoms with Crippen LogP contribution in [0.15, 0.2) is 4.99 Å². The maximum absolute atomic E-state index is 4.69. The summed E-state index contributed by atoms with van der Waals surface area (Å²) in [6, 6.07) is 0.599. The van der Waals surface area contributed by atoms with Gasteiger partial charge in [0.25, 0.3) is 0 Å². The largest absolute Gasteiger partial charge is 0.357 e. The molecule has 2 N–H and O–H groups in total. The van der Waals surface area contributed by atoms with Crippen molar-refractivity contribution in [1.29, 1.82) is 0 Å². The van der Waals surface area contributed by atoms with E-state index in [0.29, 0.717) is 6.04 Å². The van der Waals surface area contributed by atoms with Crippen LogP contribution < -0.4 is 10.6 Å². The van der Waals surface area contributed by atoms with Gasteiger partial charge < -0.3 is 15.2 Å². The van der Waals surface area contributed by atoms with Crippen molar-refractivity contribution >= 4 is 5.96 Å². The van der Waals surface area contributed by atoms with Crippen LogP contribution in [-0.4, -0.2) is 39.9 Å². The van der Waals surface area contributed by atoms with Crippen LogP contribution >= 0.6 is 0 Å². The first kappa shape index (κ1) is 15.3. The Morgan fingerprint density at radius 3 is 2.95 bits per heavy atom. The van der Waals surface area contributed by atoms with E-state index < -0.39 is 0 Å². The van der Waals surface area contributed by atoms with Gasteiger partial charge in [-0.2, -0.15) is 0 Å². The van der Waals surface area contributed by atoms with Gasteiger partial charge in [-0.1, -0.05) is 13.3 Å². The van der Waals surface area contributed by atoms with Gasteiger partial charge in [0.05, 0.1) is 0 Å². The van der Waals surface area contributed by atoms with Gasteiger partial charge in [-0.25, -0.2) is 0 Å². The second-order valence-electron chi connectivity index (χ2n) is 6.47. The molecule has 2 heterocycles. The zero-order chi connectivity index (χ0) is 15.4. The molecule has 3 rings (SSSR count). The maximum atomic E-state index is 4.69. The predicted molar refractivity (Wildman–Crippen MR) is 88.0 cm³/mol. The Morgan fingerprint density at radius 2 is 2.18 bits per heavy atom. The molecule has 1 aliphatic carbocycles. The second-order valence-corrected chi connectivity index (χ2v) is 6.47. The molecule has 0 radical (unpaired) electrons. The van der Waals surface area contributed by atoms with E-state index in [0.717, 1.165) is 56.0 Å². The Kier molecular flexibility index (Phi) is 4.95. The summed E-state index contributed by atoms with van der Waals surface area (Å²) in [6.45, 7) is 7.10. The molecule has 6 heteroatoms. The summed E-state index contributed by atoms with van der Waals surface area (Å²) in [6.07, 6.45) is 6.97. The van der Waals surface area contributed by atoms with Crippen molar-refractivity contribution in [3.05, 3.63) is 11.6 Å². The fraction of sp³-hybridized carbons (Fsp3) is 0.812. The van der Waals surface area contributed by atoms with Crippen molar-refractivity contribution in [3.8, 4) is 0 Å². The average Bonchev–Trinajstić information content (AvgIpc) is 3.15. The standard InChI is InChI=1S/C16H28N6/c1-3-17-16(19-13-11-12(13)2)18-9-8-15-21-20-14-7-5-4-6-10-22(14)15/h12-13H,3-11H2,1-2H3,(H2,17,18,19).